The quantitative estimate of drug-likeness (QED) is 0.809. The monoisotopic (exact) mass is 294 g/mol. The molecule has 21 heavy (non-hydrogen) atoms. The fourth-order valence-corrected chi connectivity index (χ4v) is 2.20. The van der Waals surface area contributed by atoms with E-state index < -0.39 is 5.41 Å². The molecule has 1 unspecified atom stereocenters. The molecular weight excluding hydrogens is 272 g/mol. The number of carbonyl (C=O) groups excluding carboxylic acids is 1. The summed E-state index contributed by atoms with van der Waals surface area (Å²) in [4.78, 5) is 26.3. The van der Waals surface area contributed by atoms with Crippen molar-refractivity contribution in [3.8, 4) is 6.01 Å². The van der Waals surface area contributed by atoms with Crippen LogP contribution in [0.15, 0.2) is 0 Å². The van der Waals surface area contributed by atoms with E-state index in [-0.39, 0.29) is 18.0 Å². The zero-order valence-corrected chi connectivity index (χ0v) is 12.9. The van der Waals surface area contributed by atoms with Gasteiger partial charge in [-0.25, -0.2) is 0 Å². The lowest BCUT2D eigenvalue weighted by atomic mass is 9.89. The molecule has 0 aliphatic carbocycles. The highest BCUT2D eigenvalue weighted by atomic mass is 16.5. The summed E-state index contributed by atoms with van der Waals surface area (Å²) in [6, 6.07) is 0.270. The summed E-state index contributed by atoms with van der Waals surface area (Å²) < 4.78 is 5.54. The lowest BCUT2D eigenvalue weighted by molar-refractivity contribution is -0.125. The molecule has 1 aliphatic rings. The van der Waals surface area contributed by atoms with Gasteiger partial charge < -0.3 is 20.7 Å². The van der Waals surface area contributed by atoms with Crippen LogP contribution >= 0.6 is 0 Å². The Morgan fingerprint density at radius 2 is 2.14 bits per heavy atom. The summed E-state index contributed by atoms with van der Waals surface area (Å²) >= 11 is 0. The highest BCUT2D eigenvalue weighted by Gasteiger charge is 2.40. The van der Waals surface area contributed by atoms with Crippen LogP contribution in [0, 0.1) is 5.41 Å². The second-order valence-corrected chi connectivity index (χ2v) is 5.75. The van der Waals surface area contributed by atoms with Crippen LogP contribution < -0.4 is 20.7 Å². The standard InChI is InChI=1S/C13H22N6O2/c1-8(2)21-12-17-10(15-4)16-11(18-12)19-6-5-13(3,7-19)9(14)20/h8H,5-7H2,1-4H3,(H2,14,20)(H,15,16,17,18). The Balaban J connectivity index is 2.25. The number of carbonyl (C=O) groups is 1. The Hall–Kier alpha value is -2.12. The maximum atomic E-state index is 11.5. The van der Waals surface area contributed by atoms with E-state index in [0.29, 0.717) is 31.4 Å². The predicted molar refractivity (Wildman–Crippen MR) is 79.3 cm³/mol. The van der Waals surface area contributed by atoms with E-state index in [2.05, 4.69) is 20.3 Å². The Labute approximate surface area is 124 Å². The largest absolute Gasteiger partial charge is 0.461 e. The third-order valence-corrected chi connectivity index (χ3v) is 3.52. The minimum atomic E-state index is -0.550. The molecule has 1 atom stereocenters. The number of nitrogens with zero attached hydrogens (tertiary/aromatic N) is 4. The first-order valence-corrected chi connectivity index (χ1v) is 6.99. The molecule has 1 amide bonds. The van der Waals surface area contributed by atoms with E-state index in [4.69, 9.17) is 10.5 Å². The van der Waals surface area contributed by atoms with Crippen molar-refractivity contribution in [3.63, 3.8) is 0 Å². The van der Waals surface area contributed by atoms with Crippen LogP contribution in [0.2, 0.25) is 0 Å². The minimum Gasteiger partial charge on any atom is -0.461 e. The van der Waals surface area contributed by atoms with E-state index in [1.165, 1.54) is 0 Å². The molecule has 8 heteroatoms. The maximum Gasteiger partial charge on any atom is 0.323 e. The van der Waals surface area contributed by atoms with Crippen molar-refractivity contribution in [2.75, 3.05) is 30.4 Å². The van der Waals surface area contributed by atoms with Gasteiger partial charge in [0.05, 0.1) is 11.5 Å². The molecule has 0 aromatic carbocycles. The van der Waals surface area contributed by atoms with Gasteiger partial charge >= 0.3 is 6.01 Å². The predicted octanol–water partition coefficient (Wildman–Crippen LogP) is 0.402. The zero-order valence-electron chi connectivity index (χ0n) is 12.9. The van der Waals surface area contributed by atoms with Crippen LogP contribution in [0.3, 0.4) is 0 Å². The van der Waals surface area contributed by atoms with Crippen molar-refractivity contribution in [1.82, 2.24) is 15.0 Å². The number of nitrogens with one attached hydrogen (secondary N) is 1. The van der Waals surface area contributed by atoms with Gasteiger partial charge in [0.1, 0.15) is 0 Å². The van der Waals surface area contributed by atoms with E-state index in [9.17, 15) is 4.79 Å². The molecule has 0 bridgehead atoms. The fourth-order valence-electron chi connectivity index (χ4n) is 2.20. The molecule has 2 heterocycles. The number of nitrogens with two attached hydrogens (primary N) is 1. The van der Waals surface area contributed by atoms with E-state index in [1.807, 2.05) is 25.7 Å². The number of primary amides is 1. The zero-order chi connectivity index (χ0) is 15.6. The van der Waals surface area contributed by atoms with Gasteiger partial charge in [0, 0.05) is 20.1 Å². The van der Waals surface area contributed by atoms with E-state index in [1.54, 1.807) is 7.05 Å². The third kappa shape index (κ3) is 3.32. The Morgan fingerprint density at radius 1 is 1.43 bits per heavy atom. The van der Waals surface area contributed by atoms with Gasteiger partial charge in [0.2, 0.25) is 17.8 Å². The normalized spacial score (nSPS) is 21.7. The van der Waals surface area contributed by atoms with Crippen molar-refractivity contribution in [2.45, 2.75) is 33.3 Å². The molecule has 1 aromatic heterocycles. The smallest absolute Gasteiger partial charge is 0.323 e. The number of rotatable bonds is 5. The molecule has 3 N–H and O–H groups in total. The maximum absolute atomic E-state index is 11.5. The van der Waals surface area contributed by atoms with Crippen molar-refractivity contribution in [1.29, 1.82) is 0 Å². The molecule has 2 rings (SSSR count). The summed E-state index contributed by atoms with van der Waals surface area (Å²) in [5, 5.41) is 2.89. The van der Waals surface area contributed by atoms with Gasteiger partial charge in [-0.2, -0.15) is 15.0 Å². The number of anilines is 2. The molecule has 8 nitrogen and oxygen atoms in total. The topological polar surface area (TPSA) is 106 Å². The van der Waals surface area contributed by atoms with Crippen LogP contribution in [-0.4, -0.2) is 47.1 Å². The number of ether oxygens (including phenoxy) is 1. The van der Waals surface area contributed by atoms with Crippen LogP contribution in [0.1, 0.15) is 27.2 Å². The van der Waals surface area contributed by atoms with Gasteiger partial charge in [-0.05, 0) is 27.2 Å². The van der Waals surface area contributed by atoms with Crippen LogP contribution in [0.25, 0.3) is 0 Å². The van der Waals surface area contributed by atoms with Crippen molar-refractivity contribution in [2.24, 2.45) is 11.1 Å². The molecule has 0 spiro atoms. The number of hydrogen-bond donors (Lipinski definition) is 2. The van der Waals surface area contributed by atoms with E-state index >= 15 is 0 Å². The van der Waals surface area contributed by atoms with Gasteiger partial charge in [-0.1, -0.05) is 0 Å². The first-order valence-electron chi connectivity index (χ1n) is 6.99. The van der Waals surface area contributed by atoms with Gasteiger partial charge in [0.15, 0.2) is 0 Å². The molecule has 116 valence electrons. The second-order valence-electron chi connectivity index (χ2n) is 5.75. The SMILES string of the molecule is CNc1nc(OC(C)C)nc(N2CCC(C)(C(N)=O)C2)n1. The first kappa shape index (κ1) is 15.3. The molecular formula is C13H22N6O2. The Morgan fingerprint density at radius 3 is 2.67 bits per heavy atom. The molecule has 1 aliphatic heterocycles. The summed E-state index contributed by atoms with van der Waals surface area (Å²) in [5.74, 6) is 0.629. The Kier molecular flexibility index (Phi) is 4.15. The molecule has 1 saturated heterocycles. The van der Waals surface area contributed by atoms with Crippen LogP contribution in [-0.2, 0) is 4.79 Å². The van der Waals surface area contributed by atoms with Gasteiger partial charge in [-0.15, -0.1) is 0 Å². The minimum absolute atomic E-state index is 0.0283. The lowest BCUT2D eigenvalue weighted by Crippen LogP contribution is -2.37. The van der Waals surface area contributed by atoms with Gasteiger partial charge in [0.25, 0.3) is 0 Å². The van der Waals surface area contributed by atoms with Crippen LogP contribution in [0.4, 0.5) is 11.9 Å². The van der Waals surface area contributed by atoms with Crippen molar-refractivity contribution in [3.05, 3.63) is 0 Å². The molecule has 1 fully saturated rings. The fraction of sp³-hybridized carbons (Fsp3) is 0.692. The molecule has 1 aromatic rings. The summed E-state index contributed by atoms with van der Waals surface area (Å²) in [6.07, 6.45) is 0.655. The van der Waals surface area contributed by atoms with Crippen LogP contribution in [0.5, 0.6) is 6.01 Å². The van der Waals surface area contributed by atoms with Crippen molar-refractivity contribution < 1.29 is 9.53 Å². The Bertz CT molecular complexity index is 535. The number of aromatic nitrogens is 3. The van der Waals surface area contributed by atoms with Gasteiger partial charge in [-0.3, -0.25) is 4.79 Å². The average molecular weight is 294 g/mol. The molecule has 0 radical (unpaired) electrons. The highest BCUT2D eigenvalue weighted by Crippen LogP contribution is 2.32. The average Bonchev–Trinajstić information content (AvgIpc) is 2.82. The highest BCUT2D eigenvalue weighted by molar-refractivity contribution is 5.81. The summed E-state index contributed by atoms with van der Waals surface area (Å²) in [7, 11) is 1.73. The van der Waals surface area contributed by atoms with Crippen molar-refractivity contribution >= 4 is 17.8 Å². The second kappa shape index (κ2) is 5.71. The lowest BCUT2D eigenvalue weighted by Gasteiger charge is -2.21. The first-order chi connectivity index (χ1) is 9.84. The number of hydrogen-bond acceptors (Lipinski definition) is 7. The number of amides is 1. The third-order valence-electron chi connectivity index (χ3n) is 3.52. The summed E-state index contributed by atoms with van der Waals surface area (Å²) in [5.41, 5.74) is 4.92. The molecule has 0 saturated carbocycles. The van der Waals surface area contributed by atoms with E-state index in [0.717, 1.165) is 0 Å². The summed E-state index contributed by atoms with van der Waals surface area (Å²) in [6.45, 7) is 6.84.